The average Bonchev–Trinajstić information content (AvgIpc) is 2.59. The minimum absolute atomic E-state index is 0.00463. The van der Waals surface area contributed by atoms with Crippen LogP contribution in [0, 0.1) is 0 Å². The number of benzene rings is 2. The fourth-order valence-electron chi connectivity index (χ4n) is 2.19. The number of hydrogen-bond acceptors (Lipinski definition) is 4. The molecular formula is C17H18ClN3O4S. The molecule has 9 heteroatoms. The van der Waals surface area contributed by atoms with Crippen molar-refractivity contribution in [1.82, 2.24) is 10.6 Å². The van der Waals surface area contributed by atoms with Crippen LogP contribution in [0.4, 0.5) is 0 Å². The Labute approximate surface area is 156 Å². The molecule has 2 aromatic carbocycles. The lowest BCUT2D eigenvalue weighted by atomic mass is 10.1. The first-order chi connectivity index (χ1) is 12.2. The molecule has 0 bridgehead atoms. The van der Waals surface area contributed by atoms with E-state index in [2.05, 4.69) is 10.6 Å². The molecule has 0 aliphatic rings. The summed E-state index contributed by atoms with van der Waals surface area (Å²) in [6.45, 7) is 1.55. The maximum Gasteiger partial charge on any atom is 0.251 e. The Hall–Kier alpha value is -2.42. The molecule has 0 aliphatic carbocycles. The molecule has 2 rings (SSSR count). The fraction of sp³-hybridized carbons (Fsp3) is 0.176. The molecule has 0 heterocycles. The zero-order chi connectivity index (χ0) is 19.3. The first kappa shape index (κ1) is 19.9. The smallest absolute Gasteiger partial charge is 0.251 e. The third kappa shape index (κ3) is 5.55. The second-order valence-electron chi connectivity index (χ2n) is 5.59. The maximum atomic E-state index is 12.0. The lowest BCUT2D eigenvalue weighted by Crippen LogP contribution is -2.38. The summed E-state index contributed by atoms with van der Waals surface area (Å²) in [4.78, 5) is 23.9. The largest absolute Gasteiger partial charge is 0.348 e. The van der Waals surface area contributed by atoms with E-state index < -0.39 is 10.0 Å². The number of carbonyl (C=O) groups excluding carboxylic acids is 2. The zero-order valence-corrected chi connectivity index (χ0v) is 15.5. The van der Waals surface area contributed by atoms with Crippen molar-refractivity contribution in [2.45, 2.75) is 17.9 Å². The van der Waals surface area contributed by atoms with Gasteiger partial charge in [0.25, 0.3) is 5.91 Å². The number of primary sulfonamides is 1. The number of nitrogens with one attached hydrogen (secondary N) is 2. The zero-order valence-electron chi connectivity index (χ0n) is 13.9. The molecular weight excluding hydrogens is 378 g/mol. The number of amides is 2. The third-order valence-corrected chi connectivity index (χ3v) is 4.78. The summed E-state index contributed by atoms with van der Waals surface area (Å²) >= 11 is 5.76. The van der Waals surface area contributed by atoms with Crippen molar-refractivity contribution in [1.29, 1.82) is 0 Å². The highest BCUT2D eigenvalue weighted by Gasteiger charge is 2.13. The van der Waals surface area contributed by atoms with Crippen LogP contribution in [0.15, 0.2) is 53.4 Å². The van der Waals surface area contributed by atoms with Gasteiger partial charge in [0.15, 0.2) is 0 Å². The molecule has 0 radical (unpaired) electrons. The van der Waals surface area contributed by atoms with Crippen molar-refractivity contribution in [2.75, 3.05) is 6.54 Å². The topological polar surface area (TPSA) is 118 Å². The molecule has 7 nitrogen and oxygen atoms in total. The third-order valence-electron chi connectivity index (χ3n) is 3.60. The Morgan fingerprint density at radius 2 is 1.65 bits per heavy atom. The molecule has 1 atom stereocenters. The number of carbonyl (C=O) groups is 2. The highest BCUT2D eigenvalue weighted by atomic mass is 35.5. The van der Waals surface area contributed by atoms with Gasteiger partial charge in [0, 0.05) is 10.6 Å². The molecule has 0 saturated heterocycles. The minimum atomic E-state index is -3.76. The van der Waals surface area contributed by atoms with Crippen LogP contribution in [0.5, 0.6) is 0 Å². The summed E-state index contributed by atoms with van der Waals surface area (Å²) in [5.41, 5.74) is 1.10. The van der Waals surface area contributed by atoms with E-state index >= 15 is 0 Å². The summed E-state index contributed by atoms with van der Waals surface area (Å²) in [6.07, 6.45) is 0. The average molecular weight is 396 g/mol. The Morgan fingerprint density at radius 1 is 1.08 bits per heavy atom. The number of halogens is 1. The summed E-state index contributed by atoms with van der Waals surface area (Å²) in [5.74, 6) is -0.766. The van der Waals surface area contributed by atoms with E-state index in [0.29, 0.717) is 16.1 Å². The number of sulfonamides is 1. The van der Waals surface area contributed by atoms with Gasteiger partial charge in [0.05, 0.1) is 17.5 Å². The van der Waals surface area contributed by atoms with Crippen LogP contribution in [0.3, 0.4) is 0 Å². The molecule has 0 fully saturated rings. The van der Waals surface area contributed by atoms with Crippen LogP contribution in [-0.4, -0.2) is 26.8 Å². The van der Waals surface area contributed by atoms with Crippen LogP contribution >= 0.6 is 11.6 Å². The van der Waals surface area contributed by atoms with Crippen LogP contribution in [0.2, 0.25) is 5.02 Å². The lowest BCUT2D eigenvalue weighted by molar-refractivity contribution is -0.120. The number of nitrogens with two attached hydrogens (primary N) is 1. The Balaban J connectivity index is 1.88. The van der Waals surface area contributed by atoms with Crippen molar-refractivity contribution >= 4 is 33.4 Å². The van der Waals surface area contributed by atoms with E-state index in [1.165, 1.54) is 12.1 Å². The van der Waals surface area contributed by atoms with Crippen molar-refractivity contribution in [2.24, 2.45) is 5.14 Å². The Morgan fingerprint density at radius 3 is 2.19 bits per heavy atom. The lowest BCUT2D eigenvalue weighted by Gasteiger charge is -2.15. The second kappa shape index (κ2) is 8.31. The van der Waals surface area contributed by atoms with Gasteiger partial charge in [-0.2, -0.15) is 0 Å². The quantitative estimate of drug-likeness (QED) is 0.688. The van der Waals surface area contributed by atoms with Gasteiger partial charge in [-0.15, -0.1) is 0 Å². The van der Waals surface area contributed by atoms with Gasteiger partial charge in [-0.05, 0) is 48.9 Å². The van der Waals surface area contributed by atoms with E-state index in [9.17, 15) is 18.0 Å². The molecule has 0 spiro atoms. The molecule has 2 aromatic rings. The first-order valence-electron chi connectivity index (χ1n) is 7.62. The number of rotatable bonds is 6. The van der Waals surface area contributed by atoms with Crippen molar-refractivity contribution in [3.05, 3.63) is 64.7 Å². The molecule has 26 heavy (non-hydrogen) atoms. The van der Waals surface area contributed by atoms with E-state index in [-0.39, 0.29) is 29.3 Å². The highest BCUT2D eigenvalue weighted by molar-refractivity contribution is 7.89. The molecule has 138 valence electrons. The summed E-state index contributed by atoms with van der Waals surface area (Å²) in [5, 5.41) is 10.8. The normalized spacial score (nSPS) is 12.3. The predicted octanol–water partition coefficient (Wildman–Crippen LogP) is 1.59. The first-order valence-corrected chi connectivity index (χ1v) is 9.55. The molecule has 0 aromatic heterocycles. The predicted molar refractivity (Wildman–Crippen MR) is 98.2 cm³/mol. The highest BCUT2D eigenvalue weighted by Crippen LogP contribution is 2.15. The van der Waals surface area contributed by atoms with Gasteiger partial charge < -0.3 is 10.6 Å². The maximum absolute atomic E-state index is 12.0. The van der Waals surface area contributed by atoms with Gasteiger partial charge in [-0.1, -0.05) is 23.7 Å². The van der Waals surface area contributed by atoms with Gasteiger partial charge in [0.2, 0.25) is 15.9 Å². The van der Waals surface area contributed by atoms with Crippen LogP contribution in [-0.2, 0) is 14.8 Å². The SMILES string of the molecule is C[C@H](NC(=O)CNC(=O)c1ccc(Cl)cc1)c1ccc(S(N)(=O)=O)cc1. The minimum Gasteiger partial charge on any atom is -0.348 e. The molecule has 4 N–H and O–H groups in total. The molecule has 0 aliphatic heterocycles. The second-order valence-corrected chi connectivity index (χ2v) is 7.59. The van der Waals surface area contributed by atoms with E-state index in [1.807, 2.05) is 0 Å². The van der Waals surface area contributed by atoms with Crippen LogP contribution in [0.1, 0.15) is 28.9 Å². The van der Waals surface area contributed by atoms with Crippen molar-refractivity contribution in [3.8, 4) is 0 Å². The van der Waals surface area contributed by atoms with Gasteiger partial charge in [-0.25, -0.2) is 13.6 Å². The summed E-state index contributed by atoms with van der Waals surface area (Å²) < 4.78 is 22.5. The monoisotopic (exact) mass is 395 g/mol. The van der Waals surface area contributed by atoms with Gasteiger partial charge >= 0.3 is 0 Å². The van der Waals surface area contributed by atoms with Gasteiger partial charge in [-0.3, -0.25) is 9.59 Å². The molecule has 2 amide bonds. The van der Waals surface area contributed by atoms with Crippen molar-refractivity contribution < 1.29 is 18.0 Å². The molecule has 0 saturated carbocycles. The van der Waals surface area contributed by atoms with Crippen LogP contribution < -0.4 is 15.8 Å². The Kier molecular flexibility index (Phi) is 6.36. The number of hydrogen-bond donors (Lipinski definition) is 3. The summed E-state index contributed by atoms with van der Waals surface area (Å²) in [6, 6.07) is 11.8. The summed E-state index contributed by atoms with van der Waals surface area (Å²) in [7, 11) is -3.76. The molecule has 0 unspecified atom stereocenters. The standard InChI is InChI=1S/C17H18ClN3O4S/c1-11(12-4-8-15(9-5-12)26(19,24)25)21-16(22)10-20-17(23)13-2-6-14(18)7-3-13/h2-9,11H,10H2,1H3,(H,20,23)(H,21,22)(H2,19,24,25)/t11-/m0/s1. The fourth-order valence-corrected chi connectivity index (χ4v) is 2.83. The van der Waals surface area contributed by atoms with Gasteiger partial charge in [0.1, 0.15) is 0 Å². The Bertz CT molecular complexity index is 897. The van der Waals surface area contributed by atoms with E-state index in [0.717, 1.165) is 0 Å². The van der Waals surface area contributed by atoms with E-state index in [4.69, 9.17) is 16.7 Å². The van der Waals surface area contributed by atoms with E-state index in [1.54, 1.807) is 43.3 Å². The van der Waals surface area contributed by atoms with Crippen LogP contribution in [0.25, 0.3) is 0 Å². The van der Waals surface area contributed by atoms with Crippen molar-refractivity contribution in [3.63, 3.8) is 0 Å².